The minimum Gasteiger partial charge on any atom is -0.326 e. The number of nitrogens with one attached hydrogen (secondary N) is 2. The van der Waals surface area contributed by atoms with Crippen LogP contribution in [0.25, 0.3) is 0 Å². The van der Waals surface area contributed by atoms with Gasteiger partial charge in [-0.25, -0.2) is 4.39 Å². The molecule has 1 aliphatic rings. The number of hydrogen-bond acceptors (Lipinski definition) is 4. The number of carbonyl (C=O) groups excluding carboxylic acids is 3. The van der Waals surface area contributed by atoms with Crippen LogP contribution in [0.2, 0.25) is 0 Å². The molecule has 2 unspecified atom stereocenters. The summed E-state index contributed by atoms with van der Waals surface area (Å²) in [5, 5.41) is 7.20. The molecule has 33 heavy (non-hydrogen) atoms. The summed E-state index contributed by atoms with van der Waals surface area (Å²) in [6.45, 7) is 3.27. The van der Waals surface area contributed by atoms with Crippen LogP contribution < -0.4 is 15.5 Å². The lowest BCUT2D eigenvalue weighted by Crippen LogP contribution is -2.46. The highest BCUT2D eigenvalue weighted by Gasteiger charge is 2.42. The molecule has 2 atom stereocenters. The molecule has 1 saturated heterocycles. The minimum atomic E-state index is -0.589. The highest BCUT2D eigenvalue weighted by molar-refractivity contribution is 7.10. The molecule has 0 bridgehead atoms. The molecule has 2 aromatic carbocycles. The van der Waals surface area contributed by atoms with Gasteiger partial charge in [0.05, 0.1) is 17.6 Å². The van der Waals surface area contributed by atoms with Crippen LogP contribution in [0.1, 0.15) is 36.2 Å². The minimum absolute atomic E-state index is 0.00443. The molecule has 0 aliphatic carbocycles. The molecule has 2 heterocycles. The topological polar surface area (TPSA) is 78.5 Å². The van der Waals surface area contributed by atoms with Crippen molar-refractivity contribution >= 4 is 46.1 Å². The standard InChI is InChI=1S/C25H24FN3O3S/c1-15-5-8-18(9-6-15)29-23(31)12-10-19(24(29)22-4-3-13-33-22)25(32)28-17-7-11-20(26)21(14-17)27-16(2)30/h3-9,11,13-14,19,24H,10,12H2,1-2H3,(H,27,30)(H,28,32). The van der Waals surface area contributed by atoms with Gasteiger partial charge in [-0.3, -0.25) is 14.4 Å². The highest BCUT2D eigenvalue weighted by atomic mass is 32.1. The number of carbonyl (C=O) groups is 3. The Kier molecular flexibility index (Phi) is 6.55. The van der Waals surface area contributed by atoms with E-state index in [9.17, 15) is 18.8 Å². The van der Waals surface area contributed by atoms with Crippen molar-refractivity contribution in [3.8, 4) is 0 Å². The first-order valence-corrected chi connectivity index (χ1v) is 11.5. The average molecular weight is 466 g/mol. The van der Waals surface area contributed by atoms with Crippen molar-refractivity contribution in [1.29, 1.82) is 0 Å². The quantitative estimate of drug-likeness (QED) is 0.538. The molecular formula is C25H24FN3O3S. The third kappa shape index (κ3) is 4.96. The Morgan fingerprint density at radius 1 is 1.09 bits per heavy atom. The van der Waals surface area contributed by atoms with E-state index in [1.165, 1.54) is 36.5 Å². The Balaban J connectivity index is 1.65. The van der Waals surface area contributed by atoms with E-state index in [1.807, 2.05) is 48.7 Å². The lowest BCUT2D eigenvalue weighted by atomic mass is 9.86. The summed E-state index contributed by atoms with van der Waals surface area (Å²) in [5.74, 6) is -1.80. The number of anilines is 3. The van der Waals surface area contributed by atoms with E-state index in [1.54, 1.807) is 4.90 Å². The van der Waals surface area contributed by atoms with E-state index < -0.39 is 23.7 Å². The summed E-state index contributed by atoms with van der Waals surface area (Å²) in [4.78, 5) is 40.4. The third-order valence-corrected chi connectivity index (χ3v) is 6.57. The molecule has 0 spiro atoms. The van der Waals surface area contributed by atoms with Gasteiger partial charge in [0.2, 0.25) is 17.7 Å². The fourth-order valence-corrected chi connectivity index (χ4v) is 4.97. The molecule has 8 heteroatoms. The van der Waals surface area contributed by atoms with Gasteiger partial charge in [0, 0.05) is 29.6 Å². The van der Waals surface area contributed by atoms with Crippen LogP contribution >= 0.6 is 11.3 Å². The summed E-state index contributed by atoms with van der Waals surface area (Å²) in [6.07, 6.45) is 0.643. The first-order valence-electron chi connectivity index (χ1n) is 10.6. The lowest BCUT2D eigenvalue weighted by molar-refractivity contribution is -0.126. The zero-order chi connectivity index (χ0) is 23.5. The number of hydrogen-bond donors (Lipinski definition) is 2. The van der Waals surface area contributed by atoms with Gasteiger partial charge in [-0.2, -0.15) is 0 Å². The Morgan fingerprint density at radius 3 is 2.52 bits per heavy atom. The van der Waals surface area contributed by atoms with E-state index in [0.717, 1.165) is 16.1 Å². The molecule has 6 nitrogen and oxygen atoms in total. The second kappa shape index (κ2) is 9.54. The number of benzene rings is 2. The predicted molar refractivity (Wildman–Crippen MR) is 128 cm³/mol. The molecule has 1 aliphatic heterocycles. The number of halogens is 1. The Labute approximate surface area is 195 Å². The maximum Gasteiger partial charge on any atom is 0.229 e. The Bertz CT molecular complexity index is 1180. The number of thiophene rings is 1. The molecule has 0 saturated carbocycles. The molecule has 4 rings (SSSR count). The van der Waals surface area contributed by atoms with E-state index >= 15 is 0 Å². The molecule has 3 aromatic rings. The molecule has 1 fully saturated rings. The molecule has 3 amide bonds. The van der Waals surface area contributed by atoms with Crippen LogP contribution in [0.3, 0.4) is 0 Å². The summed E-state index contributed by atoms with van der Waals surface area (Å²) in [7, 11) is 0. The van der Waals surface area contributed by atoms with Crippen LogP contribution in [-0.4, -0.2) is 17.7 Å². The van der Waals surface area contributed by atoms with E-state index in [-0.39, 0.29) is 23.9 Å². The number of aryl methyl sites for hydroxylation is 1. The van der Waals surface area contributed by atoms with Gasteiger partial charge in [0.1, 0.15) is 5.82 Å². The van der Waals surface area contributed by atoms with Crippen LogP contribution in [0.4, 0.5) is 21.5 Å². The molecule has 170 valence electrons. The molecule has 2 N–H and O–H groups in total. The largest absolute Gasteiger partial charge is 0.326 e. The number of nitrogens with zero attached hydrogens (tertiary/aromatic N) is 1. The van der Waals surface area contributed by atoms with Crippen LogP contribution in [0, 0.1) is 18.7 Å². The lowest BCUT2D eigenvalue weighted by Gasteiger charge is -2.40. The second-order valence-electron chi connectivity index (χ2n) is 8.07. The fourth-order valence-electron chi connectivity index (χ4n) is 4.09. The molecule has 1 aromatic heterocycles. The van der Waals surface area contributed by atoms with Gasteiger partial charge in [-0.15, -0.1) is 11.3 Å². The summed E-state index contributed by atoms with van der Waals surface area (Å²) in [5.41, 5.74) is 2.19. The van der Waals surface area contributed by atoms with Crippen molar-refractivity contribution in [2.75, 3.05) is 15.5 Å². The molecular weight excluding hydrogens is 441 g/mol. The van der Waals surface area contributed by atoms with Gasteiger partial charge in [-0.05, 0) is 55.1 Å². The van der Waals surface area contributed by atoms with Crippen molar-refractivity contribution in [2.45, 2.75) is 32.7 Å². The summed E-state index contributed by atoms with van der Waals surface area (Å²) in [6, 6.07) is 15.1. The Morgan fingerprint density at radius 2 is 1.85 bits per heavy atom. The van der Waals surface area contributed by atoms with Gasteiger partial charge in [0.25, 0.3) is 0 Å². The smallest absolute Gasteiger partial charge is 0.229 e. The summed E-state index contributed by atoms with van der Waals surface area (Å²) < 4.78 is 14.0. The summed E-state index contributed by atoms with van der Waals surface area (Å²) >= 11 is 1.50. The second-order valence-corrected chi connectivity index (χ2v) is 9.05. The zero-order valence-corrected chi connectivity index (χ0v) is 19.1. The average Bonchev–Trinajstić information content (AvgIpc) is 3.31. The van der Waals surface area contributed by atoms with Crippen molar-refractivity contribution in [3.63, 3.8) is 0 Å². The SMILES string of the molecule is CC(=O)Nc1cc(NC(=O)C2CCC(=O)N(c3ccc(C)cc3)C2c2cccs2)ccc1F. The first kappa shape index (κ1) is 22.7. The van der Waals surface area contributed by atoms with Crippen molar-refractivity contribution in [2.24, 2.45) is 5.92 Å². The number of amides is 3. The van der Waals surface area contributed by atoms with E-state index in [4.69, 9.17) is 0 Å². The highest BCUT2D eigenvalue weighted by Crippen LogP contribution is 2.42. The van der Waals surface area contributed by atoms with Crippen LogP contribution in [0.15, 0.2) is 60.0 Å². The molecule has 0 radical (unpaired) electrons. The van der Waals surface area contributed by atoms with Gasteiger partial charge in [0.15, 0.2) is 0 Å². The van der Waals surface area contributed by atoms with Gasteiger partial charge >= 0.3 is 0 Å². The van der Waals surface area contributed by atoms with Gasteiger partial charge in [-0.1, -0.05) is 23.8 Å². The fraction of sp³-hybridized carbons (Fsp3) is 0.240. The predicted octanol–water partition coefficient (Wildman–Crippen LogP) is 5.28. The van der Waals surface area contributed by atoms with Crippen molar-refractivity contribution in [3.05, 3.63) is 76.2 Å². The van der Waals surface area contributed by atoms with Crippen LogP contribution in [0.5, 0.6) is 0 Å². The third-order valence-electron chi connectivity index (χ3n) is 5.63. The Hall–Kier alpha value is -3.52. The first-order chi connectivity index (χ1) is 15.8. The maximum absolute atomic E-state index is 14.0. The number of rotatable bonds is 5. The van der Waals surface area contributed by atoms with E-state index in [2.05, 4.69) is 10.6 Å². The normalized spacial score (nSPS) is 18.2. The van der Waals surface area contributed by atoms with Gasteiger partial charge < -0.3 is 15.5 Å². The van der Waals surface area contributed by atoms with Crippen molar-refractivity contribution in [1.82, 2.24) is 0 Å². The van der Waals surface area contributed by atoms with Crippen molar-refractivity contribution < 1.29 is 18.8 Å². The maximum atomic E-state index is 14.0. The zero-order valence-electron chi connectivity index (χ0n) is 18.3. The number of piperidine rings is 1. The van der Waals surface area contributed by atoms with E-state index in [0.29, 0.717) is 12.1 Å². The van der Waals surface area contributed by atoms with Crippen LogP contribution in [-0.2, 0) is 14.4 Å². The monoisotopic (exact) mass is 465 g/mol.